The number of urea groups is 1. The number of Topliss-reactive ketones (excluding diaryl/α,β-unsaturated/α-hetero) is 1. The summed E-state index contributed by atoms with van der Waals surface area (Å²) in [6.07, 6.45) is 3.53. The van der Waals surface area contributed by atoms with Gasteiger partial charge in [0, 0.05) is 36.8 Å². The number of fused-ring (bicyclic) bond motifs is 1. The standard InChI is InChI=1S/C22H24N2O2/c25-21(18-8-2-1-3-9-18)19-12-15-23(16-13-19)22(26)24-14-6-10-17-7-4-5-11-20(17)24/h1-5,7-9,11,19H,6,10,12-16H2. The van der Waals surface area contributed by atoms with Crippen LogP contribution >= 0.6 is 0 Å². The molecule has 4 heteroatoms. The number of aryl methyl sites for hydroxylation is 1. The van der Waals surface area contributed by atoms with Gasteiger partial charge in [-0.1, -0.05) is 48.5 Å². The first-order valence-corrected chi connectivity index (χ1v) is 9.47. The zero-order valence-electron chi connectivity index (χ0n) is 14.9. The summed E-state index contributed by atoms with van der Waals surface area (Å²) < 4.78 is 0. The second-order valence-corrected chi connectivity index (χ2v) is 7.16. The van der Waals surface area contributed by atoms with Crippen LogP contribution in [0.1, 0.15) is 35.2 Å². The molecule has 134 valence electrons. The van der Waals surface area contributed by atoms with Gasteiger partial charge in [0.2, 0.25) is 0 Å². The predicted octanol–water partition coefficient (Wildman–Crippen LogP) is 4.15. The molecule has 0 saturated carbocycles. The molecule has 1 fully saturated rings. The van der Waals surface area contributed by atoms with Gasteiger partial charge in [-0.15, -0.1) is 0 Å². The fraction of sp³-hybridized carbons (Fsp3) is 0.364. The van der Waals surface area contributed by atoms with Gasteiger partial charge in [-0.25, -0.2) is 4.79 Å². The molecule has 1 saturated heterocycles. The molecule has 2 amide bonds. The number of likely N-dealkylation sites (tertiary alicyclic amines) is 1. The number of nitrogens with zero attached hydrogens (tertiary/aromatic N) is 2. The summed E-state index contributed by atoms with van der Waals surface area (Å²) in [5.74, 6) is 0.233. The number of rotatable bonds is 2. The topological polar surface area (TPSA) is 40.6 Å². The molecule has 0 bridgehead atoms. The van der Waals surface area contributed by atoms with Crippen LogP contribution in [0.5, 0.6) is 0 Å². The molecule has 2 aliphatic rings. The lowest BCUT2D eigenvalue weighted by molar-refractivity contribution is 0.0857. The zero-order chi connectivity index (χ0) is 17.9. The van der Waals surface area contributed by atoms with E-state index in [4.69, 9.17) is 0 Å². The van der Waals surface area contributed by atoms with Gasteiger partial charge in [-0.2, -0.15) is 0 Å². The zero-order valence-corrected chi connectivity index (χ0v) is 14.9. The summed E-state index contributed by atoms with van der Waals surface area (Å²) in [5.41, 5.74) is 3.08. The summed E-state index contributed by atoms with van der Waals surface area (Å²) in [6.45, 7) is 2.08. The molecule has 4 nitrogen and oxygen atoms in total. The lowest BCUT2D eigenvalue weighted by Gasteiger charge is -2.37. The summed E-state index contributed by atoms with van der Waals surface area (Å²) in [6, 6.07) is 17.8. The van der Waals surface area contributed by atoms with E-state index in [1.165, 1.54) is 5.56 Å². The van der Waals surface area contributed by atoms with E-state index in [0.717, 1.165) is 43.5 Å². The first kappa shape index (κ1) is 16.8. The highest BCUT2D eigenvalue weighted by Gasteiger charge is 2.31. The van der Waals surface area contributed by atoms with Gasteiger partial charge in [0.25, 0.3) is 0 Å². The third-order valence-corrected chi connectivity index (χ3v) is 5.54. The average Bonchev–Trinajstić information content (AvgIpc) is 2.73. The Morgan fingerprint density at radius 3 is 2.31 bits per heavy atom. The molecule has 2 aromatic rings. The molecule has 0 aromatic heterocycles. The SMILES string of the molecule is O=C(c1ccccc1)C1CCN(C(=O)N2CCCc3ccccc32)CC1. The largest absolute Gasteiger partial charge is 0.324 e. The molecule has 26 heavy (non-hydrogen) atoms. The summed E-state index contributed by atoms with van der Waals surface area (Å²) in [7, 11) is 0. The molecule has 0 radical (unpaired) electrons. The number of ketones is 1. The number of hydrogen-bond acceptors (Lipinski definition) is 2. The van der Waals surface area contributed by atoms with Crippen molar-refractivity contribution in [3.63, 3.8) is 0 Å². The van der Waals surface area contributed by atoms with E-state index in [1.807, 2.05) is 58.3 Å². The summed E-state index contributed by atoms with van der Waals surface area (Å²) in [4.78, 5) is 29.5. The van der Waals surface area contributed by atoms with Crippen molar-refractivity contribution in [2.45, 2.75) is 25.7 Å². The second-order valence-electron chi connectivity index (χ2n) is 7.16. The van der Waals surface area contributed by atoms with E-state index in [9.17, 15) is 9.59 Å². The highest BCUT2D eigenvalue weighted by Crippen LogP contribution is 2.29. The quantitative estimate of drug-likeness (QED) is 0.765. The van der Waals surface area contributed by atoms with Crippen molar-refractivity contribution < 1.29 is 9.59 Å². The maximum Gasteiger partial charge on any atom is 0.324 e. The molecule has 0 N–H and O–H groups in total. The van der Waals surface area contributed by atoms with Crippen LogP contribution in [0.3, 0.4) is 0 Å². The number of benzene rings is 2. The Kier molecular flexibility index (Phi) is 4.74. The van der Waals surface area contributed by atoms with Gasteiger partial charge >= 0.3 is 6.03 Å². The van der Waals surface area contributed by atoms with E-state index in [1.54, 1.807) is 0 Å². The van der Waals surface area contributed by atoms with Crippen molar-refractivity contribution in [3.05, 3.63) is 65.7 Å². The summed E-state index contributed by atoms with van der Waals surface area (Å²) in [5, 5.41) is 0. The van der Waals surface area contributed by atoms with Crippen LogP contribution in [0, 0.1) is 5.92 Å². The van der Waals surface area contributed by atoms with Gasteiger partial charge in [0.05, 0.1) is 0 Å². The van der Waals surface area contributed by atoms with Crippen molar-refractivity contribution in [1.29, 1.82) is 0 Å². The van der Waals surface area contributed by atoms with Crippen LogP contribution in [-0.4, -0.2) is 36.3 Å². The average molecular weight is 348 g/mol. The number of carbonyl (C=O) groups is 2. The third kappa shape index (κ3) is 3.24. The van der Waals surface area contributed by atoms with E-state index < -0.39 is 0 Å². The van der Waals surface area contributed by atoms with Crippen LogP contribution in [0.2, 0.25) is 0 Å². The first-order valence-electron chi connectivity index (χ1n) is 9.47. The predicted molar refractivity (Wildman–Crippen MR) is 103 cm³/mol. The van der Waals surface area contributed by atoms with E-state index in [-0.39, 0.29) is 17.7 Å². The number of carbonyl (C=O) groups excluding carboxylic acids is 2. The Morgan fingerprint density at radius 1 is 0.846 bits per heavy atom. The van der Waals surface area contributed by atoms with Crippen molar-refractivity contribution in [2.75, 3.05) is 24.5 Å². The van der Waals surface area contributed by atoms with Crippen LogP contribution in [0.25, 0.3) is 0 Å². The smallest absolute Gasteiger partial charge is 0.324 e. The normalized spacial score (nSPS) is 17.7. The fourth-order valence-corrected chi connectivity index (χ4v) is 4.07. The van der Waals surface area contributed by atoms with Crippen molar-refractivity contribution in [3.8, 4) is 0 Å². The molecule has 4 rings (SSSR count). The molecule has 2 aliphatic heterocycles. The molecular formula is C22H24N2O2. The van der Waals surface area contributed by atoms with Crippen LogP contribution in [0.4, 0.5) is 10.5 Å². The van der Waals surface area contributed by atoms with Crippen molar-refractivity contribution in [2.24, 2.45) is 5.92 Å². The Morgan fingerprint density at radius 2 is 1.54 bits per heavy atom. The minimum Gasteiger partial charge on any atom is -0.324 e. The van der Waals surface area contributed by atoms with Gasteiger partial charge in [0.1, 0.15) is 0 Å². The maximum atomic E-state index is 13.0. The van der Waals surface area contributed by atoms with E-state index >= 15 is 0 Å². The van der Waals surface area contributed by atoms with Crippen LogP contribution < -0.4 is 4.90 Å². The Bertz CT molecular complexity index is 795. The molecule has 0 spiro atoms. The lowest BCUT2D eigenvalue weighted by Crippen LogP contribution is -2.49. The van der Waals surface area contributed by atoms with Crippen molar-refractivity contribution >= 4 is 17.5 Å². The van der Waals surface area contributed by atoms with E-state index in [0.29, 0.717) is 13.1 Å². The highest BCUT2D eigenvalue weighted by atomic mass is 16.2. The monoisotopic (exact) mass is 348 g/mol. The van der Waals surface area contributed by atoms with Crippen LogP contribution in [0.15, 0.2) is 54.6 Å². The molecule has 0 unspecified atom stereocenters. The molecular weight excluding hydrogens is 324 g/mol. The van der Waals surface area contributed by atoms with Gasteiger partial charge < -0.3 is 4.90 Å². The number of piperidine rings is 1. The highest BCUT2D eigenvalue weighted by molar-refractivity contribution is 5.98. The molecule has 2 heterocycles. The fourth-order valence-electron chi connectivity index (χ4n) is 4.07. The third-order valence-electron chi connectivity index (χ3n) is 5.54. The molecule has 0 aliphatic carbocycles. The number of para-hydroxylation sites is 1. The van der Waals surface area contributed by atoms with Gasteiger partial charge in [-0.3, -0.25) is 9.69 Å². The van der Waals surface area contributed by atoms with Crippen LogP contribution in [-0.2, 0) is 6.42 Å². The Labute approximate surface area is 154 Å². The minimum absolute atomic E-state index is 0.0232. The lowest BCUT2D eigenvalue weighted by atomic mass is 9.89. The first-order chi connectivity index (χ1) is 12.7. The van der Waals surface area contributed by atoms with Crippen molar-refractivity contribution in [1.82, 2.24) is 4.90 Å². The number of anilines is 1. The van der Waals surface area contributed by atoms with Gasteiger partial charge in [-0.05, 0) is 37.3 Å². The maximum absolute atomic E-state index is 13.0. The number of hydrogen-bond donors (Lipinski definition) is 0. The molecule has 0 atom stereocenters. The van der Waals surface area contributed by atoms with Gasteiger partial charge in [0.15, 0.2) is 5.78 Å². The number of amides is 2. The minimum atomic E-state index is 0.0232. The Balaban J connectivity index is 1.41. The van der Waals surface area contributed by atoms with E-state index in [2.05, 4.69) is 6.07 Å². The molecule has 2 aromatic carbocycles. The Hall–Kier alpha value is -2.62. The second kappa shape index (κ2) is 7.32. The summed E-state index contributed by atoms with van der Waals surface area (Å²) >= 11 is 0.